The van der Waals surface area contributed by atoms with Crippen LogP contribution in [-0.4, -0.2) is 18.3 Å². The maximum atomic E-state index is 6.35. The Labute approximate surface area is 519 Å². The van der Waals surface area contributed by atoms with Crippen molar-refractivity contribution >= 4 is 141 Å². The van der Waals surface area contributed by atoms with Crippen molar-refractivity contribution in [1.29, 1.82) is 0 Å². The molecule has 0 N–H and O–H groups in total. The third-order valence-electron chi connectivity index (χ3n) is 19.1. The fraction of sp³-hybridized carbons (Fsp3) is 0. The van der Waals surface area contributed by atoms with Gasteiger partial charge in [-0.2, -0.15) is 0 Å². The average Bonchev–Trinajstić information content (AvgIpc) is 1.68. The lowest BCUT2D eigenvalue weighted by Gasteiger charge is -2.13. The summed E-state index contributed by atoms with van der Waals surface area (Å²) in [6.45, 7) is 0. The van der Waals surface area contributed by atoms with E-state index in [-0.39, 0.29) is 0 Å². The molecule has 20 rings (SSSR count). The van der Waals surface area contributed by atoms with E-state index in [9.17, 15) is 0 Å². The summed E-state index contributed by atoms with van der Waals surface area (Å²) in [4.78, 5) is 0. The number of hydrogen-bond acceptors (Lipinski definition) is 2. The van der Waals surface area contributed by atoms with Crippen molar-refractivity contribution < 1.29 is 4.42 Å². The molecule has 90 heavy (non-hydrogen) atoms. The Kier molecular flexibility index (Phi) is 10.4. The predicted octanol–water partition coefficient (Wildman–Crippen LogP) is 23.3. The molecule has 0 fully saturated rings. The maximum absolute atomic E-state index is 6.35. The Morgan fingerprint density at radius 1 is 0.211 bits per heavy atom. The number of nitrogens with zero attached hydrogens (tertiary/aromatic N) is 4. The Balaban J connectivity index is 0.792. The third-order valence-corrected chi connectivity index (χ3v) is 20.3. The van der Waals surface area contributed by atoms with Crippen molar-refractivity contribution in [2.75, 3.05) is 0 Å². The van der Waals surface area contributed by atoms with Crippen LogP contribution in [0.3, 0.4) is 0 Å². The molecular formula is C84H50N4OS. The molecule has 0 aliphatic heterocycles. The van der Waals surface area contributed by atoms with Gasteiger partial charge in [-0.3, -0.25) is 0 Å². The van der Waals surface area contributed by atoms with Crippen LogP contribution < -0.4 is 0 Å². The molecule has 0 unspecified atom stereocenters. The number of para-hydroxylation sites is 7. The van der Waals surface area contributed by atoms with Gasteiger partial charge in [-0.25, -0.2) is 0 Å². The zero-order valence-corrected chi connectivity index (χ0v) is 49.3. The third kappa shape index (κ3) is 7.13. The van der Waals surface area contributed by atoms with E-state index in [4.69, 9.17) is 4.42 Å². The van der Waals surface area contributed by atoms with Crippen LogP contribution in [0.5, 0.6) is 0 Å². The Bertz CT molecular complexity index is 6410. The molecule has 0 bridgehead atoms. The minimum Gasteiger partial charge on any atom is -0.456 e. The predicted molar refractivity (Wildman–Crippen MR) is 380 cm³/mol. The Hall–Kier alpha value is -11.7. The maximum Gasteiger partial charge on any atom is 0.135 e. The van der Waals surface area contributed by atoms with E-state index in [1.54, 1.807) is 0 Å². The zero-order valence-electron chi connectivity index (χ0n) is 48.5. The molecule has 20 aromatic rings. The first-order chi connectivity index (χ1) is 44.6. The van der Waals surface area contributed by atoms with E-state index >= 15 is 0 Å². The van der Waals surface area contributed by atoms with E-state index < -0.39 is 0 Å². The van der Waals surface area contributed by atoms with Crippen molar-refractivity contribution in [3.8, 4) is 56.1 Å². The molecule has 418 valence electrons. The molecule has 14 aromatic carbocycles. The average molecular weight is 1160 g/mol. The van der Waals surface area contributed by atoms with E-state index in [1.807, 2.05) is 17.4 Å². The Morgan fingerprint density at radius 2 is 0.611 bits per heavy atom. The molecule has 0 amide bonds. The first-order valence-electron chi connectivity index (χ1n) is 30.8. The van der Waals surface area contributed by atoms with Crippen LogP contribution in [0.4, 0.5) is 0 Å². The summed E-state index contributed by atoms with van der Waals surface area (Å²) in [5, 5.41) is 14.5. The molecule has 0 spiro atoms. The summed E-state index contributed by atoms with van der Waals surface area (Å²) in [7, 11) is 0. The van der Waals surface area contributed by atoms with Crippen LogP contribution in [0.2, 0.25) is 0 Å². The van der Waals surface area contributed by atoms with Gasteiger partial charge in [0.2, 0.25) is 0 Å². The molecule has 0 atom stereocenters. The molecular weight excluding hydrogens is 1110 g/mol. The largest absolute Gasteiger partial charge is 0.456 e. The van der Waals surface area contributed by atoms with Crippen molar-refractivity contribution in [3.63, 3.8) is 0 Å². The summed E-state index contributed by atoms with van der Waals surface area (Å²) in [6, 6.07) is 112. The summed E-state index contributed by atoms with van der Waals surface area (Å²) < 4.78 is 18.8. The fourth-order valence-electron chi connectivity index (χ4n) is 15.2. The highest BCUT2D eigenvalue weighted by Gasteiger charge is 2.24. The van der Waals surface area contributed by atoms with Gasteiger partial charge in [-0.15, -0.1) is 11.3 Å². The van der Waals surface area contributed by atoms with E-state index in [1.165, 1.54) is 102 Å². The van der Waals surface area contributed by atoms with Gasteiger partial charge in [0.1, 0.15) is 11.2 Å². The molecule has 0 saturated carbocycles. The zero-order chi connectivity index (χ0) is 58.7. The summed E-state index contributed by atoms with van der Waals surface area (Å²) in [5.41, 5.74) is 22.7. The number of fused-ring (bicyclic) bond motifs is 18. The van der Waals surface area contributed by atoms with Gasteiger partial charge in [0.05, 0.1) is 44.1 Å². The standard InChI is InChI=1S/C84H50N4OS/c1-3-17-55(18-4-1)85-73-29-11-8-22-62(73)67-47-53(35-41-75(67)85)60-26-16-28-66-68-45-51(34-40-78(68)88(84(60)66)58-38-44-82-72(50-58)64-24-10-14-32-81(64)90-82)52-33-39-76-69(46-52)70-48-54(36-42-77(70)86(76)56-19-5-2-6-20-56)59-25-15-27-65-61-21-7-12-30-74(61)87(83(59)65)57-37-43-80-71(49-57)63-23-9-13-31-79(63)89-80/h1-50H. The second-order valence-corrected chi connectivity index (χ2v) is 25.0. The second-order valence-electron chi connectivity index (χ2n) is 23.9. The van der Waals surface area contributed by atoms with Crippen molar-refractivity contribution in [1.82, 2.24) is 18.3 Å². The molecule has 0 radical (unpaired) electrons. The first kappa shape index (κ1) is 49.4. The van der Waals surface area contributed by atoms with E-state index in [0.29, 0.717) is 0 Å². The molecule has 5 nitrogen and oxygen atoms in total. The van der Waals surface area contributed by atoms with Gasteiger partial charge in [0.15, 0.2) is 0 Å². The summed E-state index contributed by atoms with van der Waals surface area (Å²) in [5.74, 6) is 0. The number of aromatic nitrogens is 4. The first-order valence-corrected chi connectivity index (χ1v) is 31.6. The molecule has 0 aliphatic rings. The number of hydrogen-bond donors (Lipinski definition) is 0. The highest BCUT2D eigenvalue weighted by molar-refractivity contribution is 7.25. The highest BCUT2D eigenvalue weighted by atomic mass is 32.1. The van der Waals surface area contributed by atoms with Gasteiger partial charge in [0.25, 0.3) is 0 Å². The fourth-order valence-corrected chi connectivity index (χ4v) is 16.3. The lowest BCUT2D eigenvalue weighted by atomic mass is 9.97. The smallest absolute Gasteiger partial charge is 0.135 e. The van der Waals surface area contributed by atoms with Gasteiger partial charge in [0, 0.05) is 108 Å². The number of benzene rings is 14. The minimum absolute atomic E-state index is 0.885. The summed E-state index contributed by atoms with van der Waals surface area (Å²) >= 11 is 1.86. The quantitative estimate of drug-likeness (QED) is 0.157. The van der Waals surface area contributed by atoms with Crippen LogP contribution in [0, 0.1) is 0 Å². The SMILES string of the molecule is c1ccc(-n2c3ccccc3c3cc(-c4cccc5c6cc(-c7ccc8c(c7)c7cc(-c9cccc%10c%11ccccc%11n(-c%11ccc%12oc%13ccccc%13c%12c%11)c9%10)ccc7n8-c7ccccc7)ccc6n(-c6ccc7sc8ccccc8c7c6)c45)ccc32)cc1. The van der Waals surface area contributed by atoms with E-state index in [0.717, 1.165) is 83.4 Å². The van der Waals surface area contributed by atoms with Crippen LogP contribution in [0.15, 0.2) is 308 Å². The number of rotatable bonds is 7. The van der Waals surface area contributed by atoms with Crippen LogP contribution in [0.25, 0.3) is 185 Å². The van der Waals surface area contributed by atoms with Crippen LogP contribution in [0.1, 0.15) is 0 Å². The minimum atomic E-state index is 0.885. The van der Waals surface area contributed by atoms with Gasteiger partial charge in [-0.05, 0) is 156 Å². The Morgan fingerprint density at radius 3 is 1.23 bits per heavy atom. The lowest BCUT2D eigenvalue weighted by Crippen LogP contribution is -1.96. The molecule has 6 aromatic heterocycles. The van der Waals surface area contributed by atoms with E-state index in [2.05, 4.69) is 316 Å². The molecule has 6 heteroatoms. The highest BCUT2D eigenvalue weighted by Crippen LogP contribution is 2.46. The van der Waals surface area contributed by atoms with Crippen molar-refractivity contribution in [2.45, 2.75) is 0 Å². The second kappa shape index (κ2) is 18.9. The topological polar surface area (TPSA) is 32.9 Å². The molecule has 0 aliphatic carbocycles. The monoisotopic (exact) mass is 1160 g/mol. The van der Waals surface area contributed by atoms with Crippen molar-refractivity contribution in [2.24, 2.45) is 0 Å². The lowest BCUT2D eigenvalue weighted by molar-refractivity contribution is 0.669. The van der Waals surface area contributed by atoms with Crippen LogP contribution in [-0.2, 0) is 0 Å². The normalized spacial score (nSPS) is 12.2. The number of furan rings is 1. The van der Waals surface area contributed by atoms with Gasteiger partial charge < -0.3 is 22.7 Å². The van der Waals surface area contributed by atoms with Gasteiger partial charge >= 0.3 is 0 Å². The number of thiophene rings is 1. The van der Waals surface area contributed by atoms with Crippen molar-refractivity contribution in [3.05, 3.63) is 303 Å². The van der Waals surface area contributed by atoms with Gasteiger partial charge in [-0.1, -0.05) is 170 Å². The molecule has 6 heterocycles. The molecule has 0 saturated heterocycles. The summed E-state index contributed by atoms with van der Waals surface area (Å²) in [6.07, 6.45) is 0. The van der Waals surface area contributed by atoms with Crippen LogP contribution >= 0.6 is 11.3 Å².